The summed E-state index contributed by atoms with van der Waals surface area (Å²) in [5.74, 6) is 0.643. The molecule has 118 valence electrons. The number of nitrogens with zero attached hydrogens (tertiary/aromatic N) is 1. The minimum Gasteiger partial charge on any atom is -0.459 e. The molecule has 3 aromatic rings. The van der Waals surface area contributed by atoms with Gasteiger partial charge in [-0.1, -0.05) is 24.3 Å². The number of carbonyl (C=O) groups is 1. The van der Waals surface area contributed by atoms with Gasteiger partial charge in [0.05, 0.1) is 6.04 Å². The molecule has 3 rings (SSSR count). The van der Waals surface area contributed by atoms with Gasteiger partial charge in [0.25, 0.3) is 5.91 Å². The summed E-state index contributed by atoms with van der Waals surface area (Å²) in [6.45, 7) is 1.92. The Morgan fingerprint density at radius 3 is 2.61 bits per heavy atom. The van der Waals surface area contributed by atoms with Gasteiger partial charge in [0.2, 0.25) is 0 Å². The van der Waals surface area contributed by atoms with Crippen LogP contribution in [0.3, 0.4) is 0 Å². The number of hydrogen-bond acceptors (Lipinski definition) is 3. The Morgan fingerprint density at radius 2 is 1.87 bits per heavy atom. The molecule has 4 heteroatoms. The number of carbonyl (C=O) groups excluding carboxylic acids is 1. The average molecular weight is 308 g/mol. The topological polar surface area (TPSA) is 45.5 Å². The summed E-state index contributed by atoms with van der Waals surface area (Å²) < 4.78 is 5.81. The largest absolute Gasteiger partial charge is 0.459 e. The summed E-state index contributed by atoms with van der Waals surface area (Å²) in [6.07, 6.45) is 0. The normalized spacial score (nSPS) is 12.1. The molecule has 1 N–H and O–H groups in total. The number of hydrogen-bond donors (Lipinski definition) is 1. The van der Waals surface area contributed by atoms with Crippen molar-refractivity contribution in [3.8, 4) is 0 Å². The van der Waals surface area contributed by atoms with Gasteiger partial charge in [-0.25, -0.2) is 0 Å². The zero-order valence-electron chi connectivity index (χ0n) is 13.5. The fourth-order valence-electron chi connectivity index (χ4n) is 2.49. The number of fused-ring (bicyclic) bond motifs is 1. The van der Waals surface area contributed by atoms with Gasteiger partial charge in [0, 0.05) is 30.7 Å². The zero-order chi connectivity index (χ0) is 16.4. The highest BCUT2D eigenvalue weighted by Gasteiger charge is 2.15. The van der Waals surface area contributed by atoms with Crippen molar-refractivity contribution in [1.29, 1.82) is 0 Å². The Balaban J connectivity index is 1.77. The molecular formula is C19H20N2O2. The van der Waals surface area contributed by atoms with Crippen LogP contribution in [0.25, 0.3) is 11.0 Å². The van der Waals surface area contributed by atoms with Gasteiger partial charge in [-0.05, 0) is 37.3 Å². The molecule has 2 aromatic carbocycles. The van der Waals surface area contributed by atoms with Gasteiger partial charge < -0.3 is 14.6 Å². The highest BCUT2D eigenvalue weighted by Crippen LogP contribution is 2.24. The quantitative estimate of drug-likeness (QED) is 0.792. The first-order valence-electron chi connectivity index (χ1n) is 7.61. The highest BCUT2D eigenvalue weighted by atomic mass is 16.3. The van der Waals surface area contributed by atoms with Gasteiger partial charge in [-0.2, -0.15) is 0 Å². The maximum absolute atomic E-state index is 12.4. The lowest BCUT2D eigenvalue weighted by atomic mass is 10.1. The molecule has 1 atom stereocenters. The third kappa shape index (κ3) is 3.21. The zero-order valence-corrected chi connectivity index (χ0v) is 13.5. The van der Waals surface area contributed by atoms with Crippen LogP contribution < -0.4 is 10.2 Å². The lowest BCUT2D eigenvalue weighted by molar-refractivity contribution is 0.0935. The van der Waals surface area contributed by atoms with Crippen molar-refractivity contribution in [2.24, 2.45) is 0 Å². The first kappa shape index (κ1) is 15.2. The van der Waals surface area contributed by atoms with Crippen molar-refractivity contribution in [2.75, 3.05) is 19.0 Å². The van der Waals surface area contributed by atoms with Crippen LogP contribution in [0.4, 0.5) is 5.69 Å². The van der Waals surface area contributed by atoms with Crippen LogP contribution in [0.5, 0.6) is 0 Å². The van der Waals surface area contributed by atoms with Gasteiger partial charge in [0.1, 0.15) is 11.3 Å². The minimum absolute atomic E-state index is 0.110. The summed E-state index contributed by atoms with van der Waals surface area (Å²) in [4.78, 5) is 14.4. The SMILES string of the molecule is CC(NC(=O)c1cccc(N(C)C)c1)c1cc2ccccc2o1. The van der Waals surface area contributed by atoms with Gasteiger partial charge in [-0.3, -0.25) is 4.79 Å². The third-order valence-electron chi connectivity index (χ3n) is 3.84. The van der Waals surface area contributed by atoms with E-state index in [0.717, 1.165) is 22.4 Å². The van der Waals surface area contributed by atoms with Crippen LogP contribution >= 0.6 is 0 Å². The molecule has 0 bridgehead atoms. The van der Waals surface area contributed by atoms with E-state index in [1.54, 1.807) is 0 Å². The fraction of sp³-hybridized carbons (Fsp3) is 0.211. The van der Waals surface area contributed by atoms with Crippen molar-refractivity contribution in [3.05, 3.63) is 65.9 Å². The standard InChI is InChI=1S/C19H20N2O2/c1-13(18-12-14-7-4-5-10-17(14)23-18)20-19(22)15-8-6-9-16(11-15)21(2)3/h4-13H,1-3H3,(H,20,22). The van der Waals surface area contributed by atoms with E-state index in [1.807, 2.05) is 80.5 Å². The number of para-hydroxylation sites is 1. The van der Waals surface area contributed by atoms with Crippen LogP contribution in [-0.4, -0.2) is 20.0 Å². The molecule has 1 aromatic heterocycles. The Hall–Kier alpha value is -2.75. The molecule has 4 nitrogen and oxygen atoms in total. The van der Waals surface area contributed by atoms with Gasteiger partial charge in [0.15, 0.2) is 0 Å². The molecule has 0 aliphatic heterocycles. The predicted octanol–water partition coefficient (Wildman–Crippen LogP) is 3.99. The molecule has 0 saturated heterocycles. The molecule has 0 spiro atoms. The second-order valence-electron chi connectivity index (χ2n) is 5.83. The average Bonchev–Trinajstić information content (AvgIpc) is 2.99. The summed E-state index contributed by atoms with van der Waals surface area (Å²) in [5, 5.41) is 4.03. The Morgan fingerprint density at radius 1 is 1.09 bits per heavy atom. The lowest BCUT2D eigenvalue weighted by Gasteiger charge is -2.15. The summed E-state index contributed by atoms with van der Waals surface area (Å²) in [7, 11) is 3.90. The number of rotatable bonds is 4. The number of amides is 1. The van der Waals surface area contributed by atoms with Crippen molar-refractivity contribution in [1.82, 2.24) is 5.32 Å². The Kier molecular flexibility index (Phi) is 4.06. The number of furan rings is 1. The van der Waals surface area contributed by atoms with E-state index >= 15 is 0 Å². The van der Waals surface area contributed by atoms with E-state index < -0.39 is 0 Å². The highest BCUT2D eigenvalue weighted by molar-refractivity contribution is 5.95. The summed E-state index contributed by atoms with van der Waals surface area (Å²) >= 11 is 0. The van der Waals surface area contributed by atoms with E-state index in [0.29, 0.717) is 5.56 Å². The van der Waals surface area contributed by atoms with Crippen LogP contribution in [0.2, 0.25) is 0 Å². The lowest BCUT2D eigenvalue weighted by Crippen LogP contribution is -2.26. The summed E-state index contributed by atoms with van der Waals surface area (Å²) in [5.41, 5.74) is 2.46. The molecule has 1 heterocycles. The summed E-state index contributed by atoms with van der Waals surface area (Å²) in [6, 6.07) is 17.1. The first-order valence-corrected chi connectivity index (χ1v) is 7.61. The van der Waals surface area contributed by atoms with E-state index in [-0.39, 0.29) is 11.9 Å². The molecule has 0 radical (unpaired) electrons. The van der Waals surface area contributed by atoms with E-state index in [1.165, 1.54) is 0 Å². The van der Waals surface area contributed by atoms with Gasteiger partial charge in [-0.15, -0.1) is 0 Å². The van der Waals surface area contributed by atoms with E-state index in [2.05, 4.69) is 5.32 Å². The Bertz CT molecular complexity index is 803. The number of benzene rings is 2. The molecule has 0 saturated carbocycles. The van der Waals surface area contributed by atoms with Crippen LogP contribution in [0, 0.1) is 0 Å². The molecule has 23 heavy (non-hydrogen) atoms. The first-order chi connectivity index (χ1) is 11.0. The molecular weight excluding hydrogens is 288 g/mol. The van der Waals surface area contributed by atoms with Crippen molar-refractivity contribution in [2.45, 2.75) is 13.0 Å². The molecule has 1 amide bonds. The third-order valence-corrected chi connectivity index (χ3v) is 3.84. The van der Waals surface area contributed by atoms with E-state index in [9.17, 15) is 4.79 Å². The molecule has 0 fully saturated rings. The number of anilines is 1. The number of nitrogens with one attached hydrogen (secondary N) is 1. The Labute approximate surface area is 135 Å². The maximum Gasteiger partial charge on any atom is 0.251 e. The fourth-order valence-corrected chi connectivity index (χ4v) is 2.49. The second kappa shape index (κ2) is 6.16. The van der Waals surface area contributed by atoms with Crippen molar-refractivity contribution < 1.29 is 9.21 Å². The van der Waals surface area contributed by atoms with Crippen LogP contribution in [0.1, 0.15) is 29.1 Å². The second-order valence-corrected chi connectivity index (χ2v) is 5.83. The minimum atomic E-state index is -0.196. The predicted molar refractivity (Wildman–Crippen MR) is 92.9 cm³/mol. The molecule has 0 aliphatic carbocycles. The molecule has 0 aliphatic rings. The monoisotopic (exact) mass is 308 g/mol. The van der Waals surface area contributed by atoms with Crippen molar-refractivity contribution in [3.63, 3.8) is 0 Å². The van der Waals surface area contributed by atoms with Crippen LogP contribution in [-0.2, 0) is 0 Å². The molecule has 1 unspecified atom stereocenters. The van der Waals surface area contributed by atoms with Crippen LogP contribution in [0.15, 0.2) is 59.0 Å². The van der Waals surface area contributed by atoms with Crippen molar-refractivity contribution >= 4 is 22.6 Å². The smallest absolute Gasteiger partial charge is 0.251 e. The van der Waals surface area contributed by atoms with E-state index in [4.69, 9.17) is 4.42 Å². The van der Waals surface area contributed by atoms with Gasteiger partial charge >= 0.3 is 0 Å². The maximum atomic E-state index is 12.4.